The van der Waals surface area contributed by atoms with Crippen LogP contribution >= 0.6 is 0 Å². The van der Waals surface area contributed by atoms with Gasteiger partial charge < -0.3 is 4.74 Å². The van der Waals surface area contributed by atoms with E-state index in [2.05, 4.69) is 14.8 Å². The maximum atomic E-state index is 11.6. The molecule has 6 heteroatoms. The third-order valence-corrected chi connectivity index (χ3v) is 2.90. The summed E-state index contributed by atoms with van der Waals surface area (Å²) in [5, 5.41) is 4.11. The molecular formula is C15H20O6. The molecule has 21 heavy (non-hydrogen) atoms. The second-order valence-electron chi connectivity index (χ2n) is 4.89. The van der Waals surface area contributed by atoms with Crippen molar-refractivity contribution in [2.75, 3.05) is 0 Å². The molecule has 0 aromatic heterocycles. The van der Waals surface area contributed by atoms with Crippen LogP contribution in [0, 0.1) is 0 Å². The molecule has 0 aliphatic carbocycles. The fraction of sp³-hybridized carbons (Fsp3) is 0.467. The van der Waals surface area contributed by atoms with Gasteiger partial charge in [-0.25, -0.2) is 14.5 Å². The molecule has 1 unspecified atom stereocenters. The number of hydrogen-bond donors (Lipinski definition) is 0. The van der Waals surface area contributed by atoms with Crippen LogP contribution < -0.4 is 0 Å². The zero-order valence-electron chi connectivity index (χ0n) is 12.6. The zero-order chi connectivity index (χ0) is 15.8. The van der Waals surface area contributed by atoms with Crippen molar-refractivity contribution in [3.05, 3.63) is 35.4 Å². The third-order valence-electron chi connectivity index (χ3n) is 2.90. The van der Waals surface area contributed by atoms with Crippen molar-refractivity contribution in [3.8, 4) is 0 Å². The Morgan fingerprint density at radius 1 is 1.05 bits per heavy atom. The molecule has 0 aliphatic rings. The first-order valence-corrected chi connectivity index (χ1v) is 6.80. The normalized spacial score (nSPS) is 11.9. The van der Waals surface area contributed by atoms with Crippen molar-refractivity contribution in [2.45, 2.75) is 46.1 Å². The predicted octanol–water partition coefficient (Wildman–Crippen LogP) is 3.77. The minimum Gasteiger partial charge on any atom is -0.429 e. The lowest BCUT2D eigenvalue weighted by molar-refractivity contribution is -0.452. The van der Waals surface area contributed by atoms with E-state index in [4.69, 9.17) is 4.74 Å². The van der Waals surface area contributed by atoms with Gasteiger partial charge in [-0.1, -0.05) is 32.9 Å². The summed E-state index contributed by atoms with van der Waals surface area (Å²) in [6.07, 6.45) is -0.732. The summed E-state index contributed by atoms with van der Waals surface area (Å²) in [6.45, 7) is 7.64. The van der Waals surface area contributed by atoms with Crippen LogP contribution in [0.15, 0.2) is 24.3 Å². The Kier molecular flexibility index (Phi) is 6.68. The van der Waals surface area contributed by atoms with Crippen molar-refractivity contribution in [2.24, 2.45) is 0 Å². The van der Waals surface area contributed by atoms with Crippen LogP contribution in [0.4, 0.5) is 4.79 Å². The van der Waals surface area contributed by atoms with Gasteiger partial charge in [0.2, 0.25) is 0 Å². The Hall–Kier alpha value is -2.08. The Bertz CT molecular complexity index is 466. The topological polar surface area (TPSA) is 71.1 Å². The van der Waals surface area contributed by atoms with E-state index < -0.39 is 12.1 Å². The molecule has 0 bridgehead atoms. The van der Waals surface area contributed by atoms with Gasteiger partial charge in [-0.15, -0.1) is 0 Å². The summed E-state index contributed by atoms with van der Waals surface area (Å²) in [5.74, 6) is -0.397. The number of benzene rings is 1. The van der Waals surface area contributed by atoms with Crippen LogP contribution in [-0.4, -0.2) is 18.2 Å². The highest BCUT2D eigenvalue weighted by atomic mass is 17.5. The van der Waals surface area contributed by atoms with E-state index in [1.807, 2.05) is 32.9 Å². The van der Waals surface area contributed by atoms with Gasteiger partial charge in [0, 0.05) is 0 Å². The fourth-order valence-corrected chi connectivity index (χ4v) is 1.40. The molecule has 1 aromatic carbocycles. The summed E-state index contributed by atoms with van der Waals surface area (Å²) in [5.41, 5.74) is 1.39. The molecule has 0 heterocycles. The Morgan fingerprint density at radius 3 is 2.19 bits per heavy atom. The average Bonchev–Trinajstić information content (AvgIpc) is 2.46. The van der Waals surface area contributed by atoms with Crippen LogP contribution in [0.2, 0.25) is 0 Å². The lowest BCUT2D eigenvalue weighted by atomic mass is 10.0. The van der Waals surface area contributed by atoms with Crippen LogP contribution in [0.5, 0.6) is 0 Å². The van der Waals surface area contributed by atoms with Crippen molar-refractivity contribution >= 4 is 12.1 Å². The maximum Gasteiger partial charge on any atom is 0.543 e. The maximum absolute atomic E-state index is 11.6. The summed E-state index contributed by atoms with van der Waals surface area (Å²) in [4.78, 5) is 31.2. The molecule has 0 amide bonds. The average molecular weight is 296 g/mol. The number of carbonyl (C=O) groups excluding carboxylic acids is 2. The number of hydrogen-bond acceptors (Lipinski definition) is 6. The largest absolute Gasteiger partial charge is 0.543 e. The predicted molar refractivity (Wildman–Crippen MR) is 74.4 cm³/mol. The number of carbonyl (C=O) groups is 2. The highest BCUT2D eigenvalue weighted by Crippen LogP contribution is 2.15. The highest BCUT2D eigenvalue weighted by Gasteiger charge is 2.14. The standard InChI is InChI=1S/C15H20O6/c1-5-11(4)18-15(17)20-21-19-14(16)13-8-6-12(7-9-13)10(2)3/h6-11H,5H2,1-4H3. The second-order valence-corrected chi connectivity index (χ2v) is 4.89. The van der Waals surface area contributed by atoms with Gasteiger partial charge in [0.15, 0.2) is 0 Å². The smallest absolute Gasteiger partial charge is 0.429 e. The molecule has 6 nitrogen and oxygen atoms in total. The molecule has 0 N–H and O–H groups in total. The highest BCUT2D eigenvalue weighted by molar-refractivity contribution is 5.88. The first kappa shape index (κ1) is 17.0. The Balaban J connectivity index is 2.38. The molecule has 116 valence electrons. The van der Waals surface area contributed by atoms with Crippen molar-refractivity contribution in [3.63, 3.8) is 0 Å². The zero-order valence-corrected chi connectivity index (χ0v) is 12.6. The van der Waals surface area contributed by atoms with E-state index in [-0.39, 0.29) is 6.10 Å². The van der Waals surface area contributed by atoms with Gasteiger partial charge in [-0.05, 0) is 37.0 Å². The Labute approximate surface area is 123 Å². The van der Waals surface area contributed by atoms with Gasteiger partial charge in [0.1, 0.15) is 6.10 Å². The first-order chi connectivity index (χ1) is 9.93. The molecule has 0 spiro atoms. The van der Waals surface area contributed by atoms with Gasteiger partial charge in [-0.3, -0.25) is 4.89 Å². The SMILES string of the molecule is CCC(C)OC(=O)OOOC(=O)c1ccc(C(C)C)cc1. The second kappa shape index (κ2) is 8.26. The number of ether oxygens (including phenoxy) is 1. The van der Waals surface area contributed by atoms with E-state index in [0.717, 1.165) is 5.56 Å². The van der Waals surface area contributed by atoms with Crippen molar-refractivity contribution in [1.29, 1.82) is 0 Å². The lowest BCUT2D eigenvalue weighted by Crippen LogP contribution is -2.16. The van der Waals surface area contributed by atoms with Gasteiger partial charge >= 0.3 is 12.1 Å². The minimum atomic E-state index is -1.06. The van der Waals surface area contributed by atoms with Gasteiger partial charge in [0.25, 0.3) is 0 Å². The molecule has 1 rings (SSSR count). The van der Waals surface area contributed by atoms with Crippen molar-refractivity contribution < 1.29 is 29.1 Å². The molecule has 1 atom stereocenters. The van der Waals surface area contributed by atoms with E-state index >= 15 is 0 Å². The summed E-state index contributed by atoms with van der Waals surface area (Å²) in [6, 6.07) is 6.86. The third kappa shape index (κ3) is 5.83. The van der Waals surface area contributed by atoms with Crippen LogP contribution in [0.3, 0.4) is 0 Å². The quantitative estimate of drug-likeness (QED) is 0.452. The van der Waals surface area contributed by atoms with E-state index in [9.17, 15) is 9.59 Å². The molecule has 1 aromatic rings. The van der Waals surface area contributed by atoms with Crippen LogP contribution in [-0.2, 0) is 19.6 Å². The van der Waals surface area contributed by atoms with Gasteiger partial charge in [0.05, 0.1) is 10.6 Å². The summed E-state index contributed by atoms with van der Waals surface area (Å²) < 4.78 is 4.75. The van der Waals surface area contributed by atoms with E-state index in [1.54, 1.807) is 19.1 Å². The van der Waals surface area contributed by atoms with E-state index in [1.165, 1.54) is 0 Å². The van der Waals surface area contributed by atoms with Crippen molar-refractivity contribution in [1.82, 2.24) is 0 Å². The molecular weight excluding hydrogens is 276 g/mol. The monoisotopic (exact) mass is 296 g/mol. The van der Waals surface area contributed by atoms with Crippen LogP contribution in [0.25, 0.3) is 0 Å². The number of rotatable bonds is 6. The first-order valence-electron chi connectivity index (χ1n) is 6.80. The van der Waals surface area contributed by atoms with E-state index in [0.29, 0.717) is 17.9 Å². The molecule has 0 saturated carbocycles. The molecule has 0 radical (unpaired) electrons. The lowest BCUT2D eigenvalue weighted by Gasteiger charge is -2.09. The van der Waals surface area contributed by atoms with Gasteiger partial charge in [-0.2, -0.15) is 0 Å². The molecule has 0 saturated heterocycles. The fourth-order valence-electron chi connectivity index (χ4n) is 1.40. The summed E-state index contributed by atoms with van der Waals surface area (Å²) >= 11 is 0. The molecule has 0 fully saturated rings. The summed E-state index contributed by atoms with van der Waals surface area (Å²) in [7, 11) is 0. The van der Waals surface area contributed by atoms with Crippen LogP contribution in [0.1, 0.15) is 56.0 Å². The minimum absolute atomic E-state index is 0.290. The molecule has 0 aliphatic heterocycles. The Morgan fingerprint density at radius 2 is 1.67 bits per heavy atom.